The monoisotopic (exact) mass is 234 g/mol. The van der Waals surface area contributed by atoms with Crippen molar-refractivity contribution in [2.75, 3.05) is 0 Å². The van der Waals surface area contributed by atoms with Gasteiger partial charge in [0.05, 0.1) is 23.4 Å². The van der Waals surface area contributed by atoms with Gasteiger partial charge >= 0.3 is 0 Å². The second kappa shape index (κ2) is 4.22. The van der Waals surface area contributed by atoms with E-state index in [2.05, 4.69) is 4.98 Å². The van der Waals surface area contributed by atoms with Gasteiger partial charge in [-0.1, -0.05) is 0 Å². The smallest absolute Gasteiger partial charge is 0.192 e. The number of imidazole rings is 1. The minimum Gasteiger partial charge on any atom is -0.327 e. The number of aromatic nitrogens is 2. The Morgan fingerprint density at radius 3 is 2.62 bits per heavy atom. The minimum absolute atomic E-state index is 0.151. The Morgan fingerprint density at radius 1 is 1.38 bits per heavy atom. The van der Waals surface area contributed by atoms with Crippen LogP contribution >= 0.6 is 11.3 Å². The highest BCUT2D eigenvalue weighted by molar-refractivity contribution is 7.14. The van der Waals surface area contributed by atoms with Crippen LogP contribution in [0.4, 0.5) is 0 Å². The van der Waals surface area contributed by atoms with E-state index in [0.717, 1.165) is 16.3 Å². The van der Waals surface area contributed by atoms with Crippen LogP contribution in [0.2, 0.25) is 0 Å². The van der Waals surface area contributed by atoms with Gasteiger partial charge < -0.3 is 4.57 Å². The Morgan fingerprint density at radius 2 is 2.12 bits per heavy atom. The van der Waals surface area contributed by atoms with Gasteiger partial charge in [-0.05, 0) is 32.9 Å². The van der Waals surface area contributed by atoms with Crippen LogP contribution in [0.25, 0.3) is 0 Å². The highest BCUT2D eigenvalue weighted by Crippen LogP contribution is 2.16. The summed E-state index contributed by atoms with van der Waals surface area (Å²) in [5, 5.41) is 0. The normalized spacial score (nSPS) is 10.7. The number of nitrogens with zero attached hydrogens (tertiary/aromatic N) is 2. The number of Topliss-reactive ketones (excluding diaryl/α,β-unsaturated/α-hetero) is 1. The summed E-state index contributed by atoms with van der Waals surface area (Å²) >= 11 is 1.54. The molecule has 0 spiro atoms. The molecular formula is C12H14N2OS. The Bertz CT molecular complexity index is 525. The number of carbonyl (C=O) groups excluding carboxylic acids is 1. The van der Waals surface area contributed by atoms with E-state index in [-0.39, 0.29) is 5.78 Å². The number of aryl methyl sites for hydroxylation is 2. The summed E-state index contributed by atoms with van der Waals surface area (Å²) < 4.78 is 1.90. The topological polar surface area (TPSA) is 34.9 Å². The lowest BCUT2D eigenvalue weighted by atomic mass is 10.3. The molecule has 0 aromatic carbocycles. The second-order valence-electron chi connectivity index (χ2n) is 3.88. The number of ketones is 1. The summed E-state index contributed by atoms with van der Waals surface area (Å²) in [6.07, 6.45) is 1.73. The number of thiophene rings is 1. The van der Waals surface area contributed by atoms with Crippen LogP contribution in [0.1, 0.15) is 25.9 Å². The molecule has 0 radical (unpaired) electrons. The van der Waals surface area contributed by atoms with Gasteiger partial charge in [-0.2, -0.15) is 0 Å². The van der Waals surface area contributed by atoms with Gasteiger partial charge in [0.1, 0.15) is 0 Å². The standard InChI is InChI=1S/C12H14N2OS/c1-8-4-5-12(16-8)11(15)6-14-7-13-9(2)10(14)3/h4-5,7H,6H2,1-3H3. The lowest BCUT2D eigenvalue weighted by Gasteiger charge is -2.02. The fourth-order valence-corrected chi connectivity index (χ4v) is 2.32. The maximum atomic E-state index is 12.0. The number of hydrogen-bond donors (Lipinski definition) is 0. The van der Waals surface area contributed by atoms with Crippen LogP contribution in [-0.2, 0) is 6.54 Å². The molecule has 0 bridgehead atoms. The predicted octanol–water partition coefficient (Wildman–Crippen LogP) is 2.75. The SMILES string of the molecule is Cc1ccc(C(=O)Cn2cnc(C)c2C)s1. The maximum absolute atomic E-state index is 12.0. The van der Waals surface area contributed by atoms with Gasteiger partial charge in [-0.25, -0.2) is 4.98 Å². The Labute approximate surface area is 98.8 Å². The third-order valence-corrected chi connectivity index (χ3v) is 3.72. The van der Waals surface area contributed by atoms with E-state index >= 15 is 0 Å². The first-order chi connectivity index (χ1) is 7.58. The molecule has 0 aliphatic rings. The number of hydrogen-bond acceptors (Lipinski definition) is 3. The van der Waals surface area contributed by atoms with Gasteiger partial charge in [-0.15, -0.1) is 11.3 Å². The van der Waals surface area contributed by atoms with E-state index in [1.54, 1.807) is 17.7 Å². The quantitative estimate of drug-likeness (QED) is 0.765. The fraction of sp³-hybridized carbons (Fsp3) is 0.333. The highest BCUT2D eigenvalue weighted by Gasteiger charge is 2.11. The molecular weight excluding hydrogens is 220 g/mol. The molecule has 0 unspecified atom stereocenters. The van der Waals surface area contributed by atoms with Crippen molar-refractivity contribution < 1.29 is 4.79 Å². The van der Waals surface area contributed by atoms with Crippen molar-refractivity contribution in [3.05, 3.63) is 39.6 Å². The molecule has 0 saturated carbocycles. The van der Waals surface area contributed by atoms with E-state index < -0.39 is 0 Å². The largest absolute Gasteiger partial charge is 0.327 e. The molecule has 0 atom stereocenters. The minimum atomic E-state index is 0.151. The molecule has 0 aliphatic carbocycles. The summed E-state index contributed by atoms with van der Waals surface area (Å²) in [4.78, 5) is 18.1. The third kappa shape index (κ3) is 2.07. The first-order valence-corrected chi connectivity index (χ1v) is 5.97. The van der Waals surface area contributed by atoms with Crippen molar-refractivity contribution in [2.45, 2.75) is 27.3 Å². The zero-order chi connectivity index (χ0) is 11.7. The summed E-state index contributed by atoms with van der Waals surface area (Å²) in [6.45, 7) is 6.32. The molecule has 0 amide bonds. The van der Waals surface area contributed by atoms with Crippen LogP contribution < -0.4 is 0 Å². The second-order valence-corrected chi connectivity index (χ2v) is 5.16. The van der Waals surface area contributed by atoms with Crippen LogP contribution in [0, 0.1) is 20.8 Å². The van der Waals surface area contributed by atoms with Crippen molar-refractivity contribution in [1.29, 1.82) is 0 Å². The zero-order valence-corrected chi connectivity index (χ0v) is 10.5. The van der Waals surface area contributed by atoms with Crippen molar-refractivity contribution in [3.63, 3.8) is 0 Å². The molecule has 2 aromatic rings. The Hall–Kier alpha value is -1.42. The summed E-state index contributed by atoms with van der Waals surface area (Å²) in [5.41, 5.74) is 2.04. The Kier molecular flexibility index (Phi) is 2.92. The Balaban J connectivity index is 2.17. The van der Waals surface area contributed by atoms with Gasteiger partial charge in [-0.3, -0.25) is 4.79 Å². The number of carbonyl (C=O) groups is 1. The van der Waals surface area contributed by atoms with Crippen LogP contribution in [0.15, 0.2) is 18.5 Å². The van der Waals surface area contributed by atoms with Crippen LogP contribution in [-0.4, -0.2) is 15.3 Å². The van der Waals surface area contributed by atoms with Gasteiger partial charge in [0.25, 0.3) is 0 Å². The molecule has 0 fully saturated rings. The molecule has 0 N–H and O–H groups in total. The van der Waals surface area contributed by atoms with Crippen molar-refractivity contribution in [1.82, 2.24) is 9.55 Å². The van der Waals surface area contributed by atoms with E-state index in [9.17, 15) is 4.79 Å². The van der Waals surface area contributed by atoms with E-state index in [1.165, 1.54) is 4.88 Å². The fourth-order valence-electron chi connectivity index (χ4n) is 1.52. The van der Waals surface area contributed by atoms with Crippen LogP contribution in [0.5, 0.6) is 0 Å². The first kappa shape index (κ1) is 11.1. The van der Waals surface area contributed by atoms with Gasteiger partial charge in [0.2, 0.25) is 0 Å². The predicted molar refractivity (Wildman–Crippen MR) is 65.1 cm³/mol. The molecule has 0 saturated heterocycles. The lowest BCUT2D eigenvalue weighted by molar-refractivity contribution is 0.0975. The number of rotatable bonds is 3. The molecule has 16 heavy (non-hydrogen) atoms. The maximum Gasteiger partial charge on any atom is 0.192 e. The first-order valence-electron chi connectivity index (χ1n) is 5.16. The molecule has 0 aliphatic heterocycles. The molecule has 2 aromatic heterocycles. The lowest BCUT2D eigenvalue weighted by Crippen LogP contribution is -2.09. The van der Waals surface area contributed by atoms with Gasteiger partial charge in [0, 0.05) is 10.6 Å². The molecule has 2 heterocycles. The summed E-state index contributed by atoms with van der Waals surface area (Å²) in [6, 6.07) is 3.87. The van der Waals surface area contributed by atoms with Gasteiger partial charge in [0.15, 0.2) is 5.78 Å². The van der Waals surface area contributed by atoms with Crippen molar-refractivity contribution in [2.24, 2.45) is 0 Å². The highest BCUT2D eigenvalue weighted by atomic mass is 32.1. The molecule has 3 nitrogen and oxygen atoms in total. The van der Waals surface area contributed by atoms with Crippen molar-refractivity contribution in [3.8, 4) is 0 Å². The molecule has 4 heteroatoms. The average Bonchev–Trinajstić information content (AvgIpc) is 2.79. The zero-order valence-electron chi connectivity index (χ0n) is 9.65. The third-order valence-electron chi connectivity index (χ3n) is 2.67. The molecule has 2 rings (SSSR count). The summed E-state index contributed by atoms with van der Waals surface area (Å²) in [5.74, 6) is 0.151. The van der Waals surface area contributed by atoms with Crippen molar-refractivity contribution >= 4 is 17.1 Å². The van der Waals surface area contributed by atoms with E-state index in [4.69, 9.17) is 0 Å². The van der Waals surface area contributed by atoms with E-state index in [1.807, 2.05) is 37.5 Å². The van der Waals surface area contributed by atoms with E-state index in [0.29, 0.717) is 6.54 Å². The van der Waals surface area contributed by atoms with Crippen LogP contribution in [0.3, 0.4) is 0 Å². The average molecular weight is 234 g/mol. The molecule has 84 valence electrons. The summed E-state index contributed by atoms with van der Waals surface area (Å²) in [7, 11) is 0.